The molecule has 5 rings (SSSR count). The second-order valence-corrected chi connectivity index (χ2v) is 8.53. The zero-order valence-corrected chi connectivity index (χ0v) is 16.9. The Balaban J connectivity index is 1.36. The minimum absolute atomic E-state index is 0.246. The van der Waals surface area contributed by atoms with Crippen molar-refractivity contribution in [1.82, 2.24) is 9.88 Å². The molecule has 6 nitrogen and oxygen atoms in total. The first-order valence-electron chi connectivity index (χ1n) is 9.87. The molecule has 2 heterocycles. The molecule has 7 heteroatoms. The zero-order valence-electron chi connectivity index (χ0n) is 16.1. The van der Waals surface area contributed by atoms with Crippen LogP contribution in [0.1, 0.15) is 12.8 Å². The Morgan fingerprint density at radius 3 is 2.40 bits per heavy atom. The summed E-state index contributed by atoms with van der Waals surface area (Å²) in [6.45, 7) is -0.265. The smallest absolute Gasteiger partial charge is 0.244 e. The van der Waals surface area contributed by atoms with Gasteiger partial charge in [0.05, 0.1) is 27.7 Å². The van der Waals surface area contributed by atoms with E-state index in [9.17, 15) is 14.4 Å². The second-order valence-electron chi connectivity index (χ2n) is 7.50. The number of carbonyl (C=O) groups is 3. The van der Waals surface area contributed by atoms with Crippen molar-refractivity contribution < 1.29 is 14.4 Å². The normalized spacial score (nSPS) is 20.6. The van der Waals surface area contributed by atoms with Crippen molar-refractivity contribution >= 4 is 45.0 Å². The standard InChI is InChI=1S/C23H19N3O3S/c27-20(13-26-22(28)14-7-1-2-8-15(14)23(26)29)24-17-10-4-3-9-16(17)21-25-18-11-5-6-12-19(18)30-21/h1-6,9-12,14-15H,7-8,13H2,(H,24,27). The van der Waals surface area contributed by atoms with Crippen molar-refractivity contribution in [3.8, 4) is 10.6 Å². The predicted molar refractivity (Wildman–Crippen MR) is 116 cm³/mol. The summed E-state index contributed by atoms with van der Waals surface area (Å²) in [4.78, 5) is 43.7. The number of para-hydroxylation sites is 2. The number of hydrogen-bond acceptors (Lipinski definition) is 5. The molecule has 2 aromatic carbocycles. The molecule has 2 aliphatic rings. The third-order valence-electron chi connectivity index (χ3n) is 5.63. The van der Waals surface area contributed by atoms with Gasteiger partial charge in [-0.2, -0.15) is 0 Å². The number of hydrogen-bond donors (Lipinski definition) is 1. The number of nitrogens with zero attached hydrogens (tertiary/aromatic N) is 2. The number of likely N-dealkylation sites (tertiary alicyclic amines) is 1. The van der Waals surface area contributed by atoms with Crippen LogP contribution in [0.25, 0.3) is 20.8 Å². The lowest BCUT2D eigenvalue weighted by molar-refractivity contribution is -0.142. The fraction of sp³-hybridized carbons (Fsp3) is 0.217. The first kappa shape index (κ1) is 18.7. The maximum absolute atomic E-state index is 12.7. The Labute approximate surface area is 177 Å². The summed E-state index contributed by atoms with van der Waals surface area (Å²) in [5.74, 6) is -1.54. The molecule has 150 valence electrons. The number of anilines is 1. The number of rotatable bonds is 4. The lowest BCUT2D eigenvalue weighted by Gasteiger charge is -2.15. The topological polar surface area (TPSA) is 79.4 Å². The van der Waals surface area contributed by atoms with Gasteiger partial charge in [-0.1, -0.05) is 36.4 Å². The second kappa shape index (κ2) is 7.50. The molecule has 0 saturated carbocycles. The molecule has 0 radical (unpaired) electrons. The van der Waals surface area contributed by atoms with Crippen molar-refractivity contribution in [3.63, 3.8) is 0 Å². The molecule has 1 aliphatic carbocycles. The highest BCUT2D eigenvalue weighted by Crippen LogP contribution is 2.36. The van der Waals surface area contributed by atoms with Gasteiger partial charge in [-0.15, -0.1) is 11.3 Å². The third kappa shape index (κ3) is 3.21. The van der Waals surface area contributed by atoms with Crippen LogP contribution in [-0.2, 0) is 14.4 Å². The summed E-state index contributed by atoms with van der Waals surface area (Å²) in [6, 6.07) is 15.3. The van der Waals surface area contributed by atoms with E-state index in [2.05, 4.69) is 10.3 Å². The first-order valence-corrected chi connectivity index (χ1v) is 10.7. The quantitative estimate of drug-likeness (QED) is 0.517. The zero-order chi connectivity index (χ0) is 20.7. The predicted octanol–water partition coefficient (Wildman–Crippen LogP) is 3.85. The molecule has 0 bridgehead atoms. The van der Waals surface area contributed by atoms with Crippen LogP contribution in [0.3, 0.4) is 0 Å². The Morgan fingerprint density at radius 1 is 1.00 bits per heavy atom. The van der Waals surface area contributed by atoms with Gasteiger partial charge in [0.15, 0.2) is 0 Å². The van der Waals surface area contributed by atoms with Gasteiger partial charge in [0.25, 0.3) is 0 Å². The molecule has 2 unspecified atom stereocenters. The lowest BCUT2D eigenvalue weighted by atomic mass is 9.85. The van der Waals surface area contributed by atoms with Gasteiger partial charge in [0, 0.05) is 5.56 Å². The van der Waals surface area contributed by atoms with Crippen molar-refractivity contribution in [2.45, 2.75) is 12.8 Å². The molecule has 1 aromatic heterocycles. The average Bonchev–Trinajstić information content (AvgIpc) is 3.30. The van der Waals surface area contributed by atoms with E-state index in [1.807, 2.05) is 54.6 Å². The average molecular weight is 417 g/mol. The summed E-state index contributed by atoms with van der Waals surface area (Å²) in [6.07, 6.45) is 5.00. The van der Waals surface area contributed by atoms with Crippen LogP contribution in [0.2, 0.25) is 0 Å². The van der Waals surface area contributed by atoms with Crippen molar-refractivity contribution in [2.75, 3.05) is 11.9 Å². The molecule has 1 N–H and O–H groups in total. The number of nitrogens with one attached hydrogen (secondary N) is 1. The van der Waals surface area contributed by atoms with Crippen LogP contribution in [0.15, 0.2) is 60.7 Å². The summed E-state index contributed by atoms with van der Waals surface area (Å²) < 4.78 is 1.07. The van der Waals surface area contributed by atoms with Gasteiger partial charge in [0.1, 0.15) is 11.6 Å². The van der Waals surface area contributed by atoms with E-state index >= 15 is 0 Å². The third-order valence-corrected chi connectivity index (χ3v) is 6.70. The summed E-state index contributed by atoms with van der Waals surface area (Å²) >= 11 is 1.55. The van der Waals surface area contributed by atoms with Crippen LogP contribution in [0, 0.1) is 11.8 Å². The Bertz CT molecular complexity index is 1140. The highest BCUT2D eigenvalue weighted by molar-refractivity contribution is 7.21. The van der Waals surface area contributed by atoms with E-state index in [0.717, 1.165) is 25.7 Å². The molecule has 30 heavy (non-hydrogen) atoms. The number of benzene rings is 2. The highest BCUT2D eigenvalue weighted by atomic mass is 32.1. The lowest BCUT2D eigenvalue weighted by Crippen LogP contribution is -2.38. The molecule has 1 fully saturated rings. The summed E-state index contributed by atoms with van der Waals surface area (Å²) in [5.41, 5.74) is 2.33. The SMILES string of the molecule is O=C(CN1C(=O)C2CC=CCC2C1=O)Nc1ccccc1-c1nc2ccccc2s1. The Hall–Kier alpha value is -3.32. The molecule has 0 spiro atoms. The number of aromatic nitrogens is 1. The molecular formula is C23H19N3O3S. The molecule has 1 aliphatic heterocycles. The molecule has 3 amide bonds. The van der Waals surface area contributed by atoms with Crippen molar-refractivity contribution in [1.29, 1.82) is 0 Å². The first-order chi connectivity index (χ1) is 14.6. The summed E-state index contributed by atoms with van der Waals surface area (Å²) in [5, 5.41) is 3.67. The van der Waals surface area contributed by atoms with E-state index in [0.29, 0.717) is 18.5 Å². The number of allylic oxidation sites excluding steroid dienone is 2. The largest absolute Gasteiger partial charge is 0.324 e. The Morgan fingerprint density at radius 2 is 1.67 bits per heavy atom. The number of fused-ring (bicyclic) bond motifs is 2. The minimum Gasteiger partial charge on any atom is -0.324 e. The molecule has 1 saturated heterocycles. The van der Waals surface area contributed by atoms with E-state index in [-0.39, 0.29) is 30.2 Å². The number of amides is 3. The van der Waals surface area contributed by atoms with Gasteiger partial charge in [-0.25, -0.2) is 4.98 Å². The van der Waals surface area contributed by atoms with Gasteiger partial charge in [0.2, 0.25) is 17.7 Å². The minimum atomic E-state index is -0.392. The summed E-state index contributed by atoms with van der Waals surface area (Å²) in [7, 11) is 0. The monoisotopic (exact) mass is 417 g/mol. The fourth-order valence-electron chi connectivity index (χ4n) is 4.12. The molecular weight excluding hydrogens is 398 g/mol. The molecule has 2 atom stereocenters. The van der Waals surface area contributed by atoms with E-state index in [1.54, 1.807) is 17.4 Å². The Kier molecular flexibility index (Phi) is 4.67. The van der Waals surface area contributed by atoms with Gasteiger partial charge in [-0.3, -0.25) is 19.3 Å². The van der Waals surface area contributed by atoms with Crippen LogP contribution in [-0.4, -0.2) is 34.2 Å². The van der Waals surface area contributed by atoms with Crippen LogP contribution < -0.4 is 5.32 Å². The van der Waals surface area contributed by atoms with Crippen molar-refractivity contribution in [2.24, 2.45) is 11.8 Å². The van der Waals surface area contributed by atoms with Gasteiger partial charge < -0.3 is 5.32 Å². The van der Waals surface area contributed by atoms with E-state index in [4.69, 9.17) is 0 Å². The number of carbonyl (C=O) groups excluding carboxylic acids is 3. The number of thiazole rings is 1. The van der Waals surface area contributed by atoms with E-state index < -0.39 is 5.91 Å². The van der Waals surface area contributed by atoms with Crippen molar-refractivity contribution in [3.05, 3.63) is 60.7 Å². The maximum atomic E-state index is 12.7. The van der Waals surface area contributed by atoms with Gasteiger partial charge >= 0.3 is 0 Å². The van der Waals surface area contributed by atoms with Gasteiger partial charge in [-0.05, 0) is 37.1 Å². The molecule has 3 aromatic rings. The van der Waals surface area contributed by atoms with E-state index in [1.165, 1.54) is 0 Å². The maximum Gasteiger partial charge on any atom is 0.244 e. The van der Waals surface area contributed by atoms with Crippen LogP contribution >= 0.6 is 11.3 Å². The number of imide groups is 1. The van der Waals surface area contributed by atoms with Crippen LogP contribution in [0.4, 0.5) is 5.69 Å². The fourth-order valence-corrected chi connectivity index (χ4v) is 5.13. The highest BCUT2D eigenvalue weighted by Gasteiger charge is 2.47. The van der Waals surface area contributed by atoms with Crippen LogP contribution in [0.5, 0.6) is 0 Å².